The van der Waals surface area contributed by atoms with E-state index >= 15 is 0 Å². The number of hydrogen-bond acceptors (Lipinski definition) is 9. The van der Waals surface area contributed by atoms with Gasteiger partial charge in [0.1, 0.15) is 35.1 Å². The number of aliphatic hydroxyl groups is 1. The summed E-state index contributed by atoms with van der Waals surface area (Å²) < 4.78 is 12.4. The van der Waals surface area contributed by atoms with E-state index in [9.17, 15) is 9.59 Å². The molecule has 3 amide bonds. The van der Waals surface area contributed by atoms with Crippen LogP contribution in [0.2, 0.25) is 0 Å². The number of anilines is 5. The van der Waals surface area contributed by atoms with Crippen molar-refractivity contribution in [2.24, 2.45) is 0 Å². The second-order valence-electron chi connectivity index (χ2n) is 8.21. The van der Waals surface area contributed by atoms with E-state index < -0.39 is 11.9 Å². The van der Waals surface area contributed by atoms with Crippen LogP contribution in [0.3, 0.4) is 0 Å². The Hall–Kier alpha value is -4.65. The molecule has 13 heteroatoms. The fraction of sp³-hybridized carbons (Fsp3) is 0.320. The quantitative estimate of drug-likeness (QED) is 0.277. The number of aryl methyl sites for hydroxylation is 1. The number of carbonyl (C=O) groups excluding carboxylic acids is 2. The van der Waals surface area contributed by atoms with Crippen LogP contribution < -0.4 is 30.3 Å². The molecule has 13 nitrogen and oxygen atoms in total. The third-order valence-electron chi connectivity index (χ3n) is 5.72. The summed E-state index contributed by atoms with van der Waals surface area (Å²) >= 11 is 0. The number of nitrogens with zero attached hydrogens (tertiary/aromatic N) is 5. The smallest absolute Gasteiger partial charge is 0.327 e. The van der Waals surface area contributed by atoms with Crippen molar-refractivity contribution in [3.05, 3.63) is 48.4 Å². The van der Waals surface area contributed by atoms with Gasteiger partial charge in [-0.3, -0.25) is 14.4 Å². The molecule has 38 heavy (non-hydrogen) atoms. The number of ether oxygens (including phenoxy) is 2. The normalized spacial score (nSPS) is 10.5. The molecule has 0 unspecified atom stereocenters. The van der Waals surface area contributed by atoms with Crippen LogP contribution in [0.1, 0.15) is 17.5 Å². The van der Waals surface area contributed by atoms with Gasteiger partial charge < -0.3 is 30.5 Å². The number of rotatable bonds is 11. The van der Waals surface area contributed by atoms with Crippen LogP contribution in [-0.2, 0) is 11.3 Å². The van der Waals surface area contributed by atoms with Crippen LogP contribution in [0, 0.1) is 13.8 Å². The summed E-state index contributed by atoms with van der Waals surface area (Å²) in [5.74, 6) is 1.72. The Balaban J connectivity index is 1.84. The number of aromatic nitrogens is 4. The number of urea groups is 1. The van der Waals surface area contributed by atoms with Crippen molar-refractivity contribution in [2.45, 2.75) is 26.8 Å². The first kappa shape index (κ1) is 27.9. The first-order chi connectivity index (χ1) is 18.2. The van der Waals surface area contributed by atoms with Crippen molar-refractivity contribution in [3.8, 4) is 11.5 Å². The van der Waals surface area contributed by atoms with Gasteiger partial charge in [0.25, 0.3) is 0 Å². The average molecular weight is 525 g/mol. The molecule has 3 aromatic rings. The molecule has 0 saturated heterocycles. The molecule has 0 aliphatic heterocycles. The molecule has 4 N–H and O–H groups in total. The highest BCUT2D eigenvalue weighted by Crippen LogP contribution is 2.36. The van der Waals surface area contributed by atoms with E-state index in [1.807, 2.05) is 13.8 Å². The molecule has 3 rings (SSSR count). The Morgan fingerprint density at radius 3 is 2.42 bits per heavy atom. The second kappa shape index (κ2) is 12.5. The maximum Gasteiger partial charge on any atom is 0.327 e. The Morgan fingerprint density at radius 2 is 1.82 bits per heavy atom. The molecule has 0 bridgehead atoms. The molecule has 202 valence electrons. The molecule has 0 saturated carbocycles. The van der Waals surface area contributed by atoms with E-state index in [2.05, 4.69) is 37.6 Å². The topological polar surface area (TPSA) is 156 Å². The summed E-state index contributed by atoms with van der Waals surface area (Å²) in [7, 11) is 4.67. The van der Waals surface area contributed by atoms with E-state index in [4.69, 9.17) is 14.6 Å². The predicted molar refractivity (Wildman–Crippen MR) is 145 cm³/mol. The Bertz CT molecular complexity index is 1300. The highest BCUT2D eigenvalue weighted by atomic mass is 16.5. The SMILES string of the molecule is C=CC(=O)Nc1cn(CCCO)nc1Nc1cc(N(C)C(=O)Nc2c(C)c(OC)cc(OC)c2C)ncn1. The summed E-state index contributed by atoms with van der Waals surface area (Å²) in [6, 6.07) is 2.89. The molecular weight excluding hydrogens is 492 g/mol. The van der Waals surface area contributed by atoms with E-state index in [-0.39, 0.29) is 6.61 Å². The summed E-state index contributed by atoms with van der Waals surface area (Å²) in [6.45, 7) is 7.60. The standard InChI is InChI=1S/C25H32N8O5/c1-7-22(35)28-17-13-33(9-8-10-34)31-24(17)29-20-12-21(27-14-26-20)32(4)25(36)30-23-15(2)18(37-5)11-19(38-6)16(23)3/h7,11-14,34H,1,8-10H2,2-6H3,(H,28,35)(H,30,36)(H,26,27,29,31). The predicted octanol–water partition coefficient (Wildman–Crippen LogP) is 3.23. The van der Waals surface area contributed by atoms with Crippen molar-refractivity contribution in [2.75, 3.05) is 48.7 Å². The largest absolute Gasteiger partial charge is 0.496 e. The Labute approximate surface area is 220 Å². The lowest BCUT2D eigenvalue weighted by atomic mass is 10.1. The molecule has 0 aliphatic rings. The van der Waals surface area contributed by atoms with Crippen molar-refractivity contribution in [1.29, 1.82) is 0 Å². The van der Waals surface area contributed by atoms with Gasteiger partial charge in [-0.1, -0.05) is 6.58 Å². The fourth-order valence-electron chi connectivity index (χ4n) is 3.63. The van der Waals surface area contributed by atoms with Gasteiger partial charge in [0.15, 0.2) is 5.82 Å². The lowest BCUT2D eigenvalue weighted by Crippen LogP contribution is -2.32. The van der Waals surface area contributed by atoms with Gasteiger partial charge in [-0.25, -0.2) is 14.8 Å². The minimum Gasteiger partial charge on any atom is -0.496 e. The third-order valence-corrected chi connectivity index (χ3v) is 5.72. The van der Waals surface area contributed by atoms with Gasteiger partial charge in [0.2, 0.25) is 5.91 Å². The van der Waals surface area contributed by atoms with E-state index in [0.717, 1.165) is 17.2 Å². The molecule has 0 spiro atoms. The van der Waals surface area contributed by atoms with Crippen LogP contribution in [0.15, 0.2) is 37.3 Å². The van der Waals surface area contributed by atoms with Crippen molar-refractivity contribution < 1.29 is 24.2 Å². The highest BCUT2D eigenvalue weighted by Gasteiger charge is 2.20. The minimum absolute atomic E-state index is 0.00222. The van der Waals surface area contributed by atoms with Crippen molar-refractivity contribution in [3.63, 3.8) is 0 Å². The van der Waals surface area contributed by atoms with E-state index in [0.29, 0.717) is 53.3 Å². The lowest BCUT2D eigenvalue weighted by molar-refractivity contribution is -0.111. The summed E-state index contributed by atoms with van der Waals surface area (Å²) in [5.41, 5.74) is 2.48. The lowest BCUT2D eigenvalue weighted by Gasteiger charge is -2.21. The van der Waals surface area contributed by atoms with Crippen LogP contribution in [0.4, 0.5) is 33.6 Å². The number of amides is 3. The zero-order chi connectivity index (χ0) is 27.8. The molecular formula is C25H32N8O5. The average Bonchev–Trinajstić information content (AvgIpc) is 3.29. The van der Waals surface area contributed by atoms with Crippen LogP contribution in [0.5, 0.6) is 11.5 Å². The van der Waals surface area contributed by atoms with Crippen molar-refractivity contribution in [1.82, 2.24) is 19.7 Å². The zero-order valence-electron chi connectivity index (χ0n) is 22.0. The van der Waals surface area contributed by atoms with Gasteiger partial charge in [-0.05, 0) is 26.3 Å². The summed E-state index contributed by atoms with van der Waals surface area (Å²) in [4.78, 5) is 34.8. The van der Waals surface area contributed by atoms with Gasteiger partial charge >= 0.3 is 6.03 Å². The fourth-order valence-corrected chi connectivity index (χ4v) is 3.63. The van der Waals surface area contributed by atoms with Gasteiger partial charge in [-0.2, -0.15) is 5.10 Å². The molecule has 2 heterocycles. The number of aliphatic hydroxyl groups excluding tert-OH is 1. The second-order valence-corrected chi connectivity index (χ2v) is 8.21. The Kier molecular flexibility index (Phi) is 9.22. The number of benzene rings is 1. The number of nitrogens with one attached hydrogen (secondary N) is 3. The zero-order valence-corrected chi connectivity index (χ0v) is 22.0. The summed E-state index contributed by atoms with van der Waals surface area (Å²) in [6.07, 6.45) is 4.57. The van der Waals surface area contributed by atoms with Crippen LogP contribution in [-0.4, -0.2) is 64.7 Å². The molecule has 2 aromatic heterocycles. The van der Waals surface area contributed by atoms with Gasteiger partial charge in [0, 0.05) is 43.5 Å². The van der Waals surface area contributed by atoms with Gasteiger partial charge in [0.05, 0.1) is 26.1 Å². The molecule has 0 atom stereocenters. The monoisotopic (exact) mass is 524 g/mol. The molecule has 0 aliphatic carbocycles. The van der Waals surface area contributed by atoms with E-state index in [1.54, 1.807) is 44.3 Å². The highest BCUT2D eigenvalue weighted by molar-refractivity contribution is 6.02. The first-order valence-corrected chi connectivity index (χ1v) is 11.7. The third kappa shape index (κ3) is 6.37. The number of methoxy groups -OCH3 is 2. The van der Waals surface area contributed by atoms with Crippen molar-refractivity contribution >= 4 is 40.8 Å². The maximum absolute atomic E-state index is 13.2. The maximum atomic E-state index is 13.2. The Morgan fingerprint density at radius 1 is 1.13 bits per heavy atom. The van der Waals surface area contributed by atoms with E-state index in [1.165, 1.54) is 11.2 Å². The molecule has 1 aromatic carbocycles. The summed E-state index contributed by atoms with van der Waals surface area (Å²) in [5, 5.41) is 22.2. The first-order valence-electron chi connectivity index (χ1n) is 11.7. The number of hydrogen-bond donors (Lipinski definition) is 4. The number of carbonyl (C=O) groups is 2. The van der Waals surface area contributed by atoms with Crippen LogP contribution >= 0.6 is 0 Å². The van der Waals surface area contributed by atoms with Gasteiger partial charge in [-0.15, -0.1) is 0 Å². The molecule has 0 radical (unpaired) electrons. The van der Waals surface area contributed by atoms with Crippen LogP contribution in [0.25, 0.3) is 0 Å². The minimum atomic E-state index is -0.441. The molecule has 0 fully saturated rings.